The molecule has 0 saturated carbocycles. The summed E-state index contributed by atoms with van der Waals surface area (Å²) < 4.78 is 39.0. The summed E-state index contributed by atoms with van der Waals surface area (Å²) in [5.41, 5.74) is -0.533. The molecular weight excluding hydrogens is 271 g/mol. The van der Waals surface area contributed by atoms with Gasteiger partial charge in [0, 0.05) is 13.1 Å². The molecule has 0 aromatic heterocycles. The van der Waals surface area contributed by atoms with Crippen molar-refractivity contribution in [3.8, 4) is 6.07 Å². The second kappa shape index (κ2) is 6.43. The molecule has 5 nitrogen and oxygen atoms in total. The van der Waals surface area contributed by atoms with Gasteiger partial charge in [-0.2, -0.15) is 9.57 Å². The molecule has 0 bridgehead atoms. The summed E-state index contributed by atoms with van der Waals surface area (Å²) in [7, 11) is -4.05. The van der Waals surface area contributed by atoms with Crippen LogP contribution in [0, 0.1) is 17.1 Å². The highest BCUT2D eigenvalue weighted by atomic mass is 32.2. The van der Waals surface area contributed by atoms with E-state index in [0.717, 1.165) is 16.4 Å². The molecule has 0 heterocycles. The zero-order valence-electron chi connectivity index (χ0n) is 10.1. The molecule has 0 spiro atoms. The average Bonchev–Trinajstić information content (AvgIpc) is 2.38. The lowest BCUT2D eigenvalue weighted by Gasteiger charge is -2.20. The van der Waals surface area contributed by atoms with Crippen molar-refractivity contribution in [2.45, 2.75) is 4.90 Å². The molecule has 0 atom stereocenters. The van der Waals surface area contributed by atoms with Crippen LogP contribution in [-0.4, -0.2) is 37.5 Å². The number of nitrogens with zero attached hydrogens (tertiary/aromatic N) is 2. The van der Waals surface area contributed by atoms with E-state index in [1.807, 2.05) is 0 Å². The fourth-order valence-electron chi connectivity index (χ4n) is 1.53. The van der Waals surface area contributed by atoms with Crippen LogP contribution in [0.1, 0.15) is 5.56 Å². The van der Waals surface area contributed by atoms with Crippen molar-refractivity contribution in [2.75, 3.05) is 19.7 Å². The number of hydrogen-bond acceptors (Lipinski definition) is 4. The Morgan fingerprint density at radius 2 is 2.21 bits per heavy atom. The molecular formula is C12H13FN2O3S. The lowest BCUT2D eigenvalue weighted by Crippen LogP contribution is -2.34. The number of halogens is 1. The molecule has 0 unspecified atom stereocenters. The minimum Gasteiger partial charge on any atom is -0.395 e. The van der Waals surface area contributed by atoms with Crippen molar-refractivity contribution >= 4 is 10.0 Å². The standard InChI is InChI=1S/C12H13FN2O3S/c1-2-6-15(7-8-16)19(17,18)12-5-3-4-11(13)10(12)9-14/h2-5,16H,1,6-8H2. The molecule has 19 heavy (non-hydrogen) atoms. The zero-order valence-corrected chi connectivity index (χ0v) is 10.9. The summed E-state index contributed by atoms with van der Waals surface area (Å²) >= 11 is 0. The molecule has 1 N–H and O–H groups in total. The summed E-state index contributed by atoms with van der Waals surface area (Å²) in [6.45, 7) is 2.84. The van der Waals surface area contributed by atoms with Crippen LogP contribution in [0.15, 0.2) is 35.7 Å². The highest BCUT2D eigenvalue weighted by Gasteiger charge is 2.27. The summed E-state index contributed by atoms with van der Waals surface area (Å²) in [5.74, 6) is -0.897. The van der Waals surface area contributed by atoms with Crippen LogP contribution in [0.3, 0.4) is 0 Å². The van der Waals surface area contributed by atoms with E-state index in [2.05, 4.69) is 6.58 Å². The third-order valence-electron chi connectivity index (χ3n) is 2.39. The van der Waals surface area contributed by atoms with E-state index in [1.54, 1.807) is 0 Å². The predicted molar refractivity (Wildman–Crippen MR) is 67.2 cm³/mol. The molecule has 1 aromatic carbocycles. The molecule has 1 rings (SSSR count). The predicted octanol–water partition coefficient (Wildman–Crippen LogP) is 0.866. The Morgan fingerprint density at radius 3 is 2.74 bits per heavy atom. The van der Waals surface area contributed by atoms with Crippen LogP contribution in [-0.2, 0) is 10.0 Å². The van der Waals surface area contributed by atoms with E-state index in [4.69, 9.17) is 10.4 Å². The fourth-order valence-corrected chi connectivity index (χ4v) is 3.09. The van der Waals surface area contributed by atoms with Crippen LogP contribution in [0.4, 0.5) is 4.39 Å². The van der Waals surface area contributed by atoms with Gasteiger partial charge in [-0.25, -0.2) is 12.8 Å². The van der Waals surface area contributed by atoms with Crippen LogP contribution in [0.5, 0.6) is 0 Å². The van der Waals surface area contributed by atoms with Gasteiger partial charge < -0.3 is 5.11 Å². The third-order valence-corrected chi connectivity index (χ3v) is 4.29. The van der Waals surface area contributed by atoms with Crippen molar-refractivity contribution < 1.29 is 17.9 Å². The van der Waals surface area contributed by atoms with Crippen LogP contribution in [0.25, 0.3) is 0 Å². The molecule has 0 saturated heterocycles. The SMILES string of the molecule is C=CCN(CCO)S(=O)(=O)c1cccc(F)c1C#N. The van der Waals surface area contributed by atoms with Crippen LogP contribution < -0.4 is 0 Å². The van der Waals surface area contributed by atoms with Crippen LogP contribution >= 0.6 is 0 Å². The van der Waals surface area contributed by atoms with Gasteiger partial charge in [0.15, 0.2) is 0 Å². The van der Waals surface area contributed by atoms with E-state index in [1.165, 1.54) is 18.2 Å². The van der Waals surface area contributed by atoms with Gasteiger partial charge in [0.05, 0.1) is 6.61 Å². The first-order valence-electron chi connectivity index (χ1n) is 5.39. The van der Waals surface area contributed by atoms with Crippen LogP contribution in [0.2, 0.25) is 0 Å². The second-order valence-corrected chi connectivity index (χ2v) is 5.51. The minimum absolute atomic E-state index is 0.0374. The maximum Gasteiger partial charge on any atom is 0.244 e. The highest BCUT2D eigenvalue weighted by molar-refractivity contribution is 7.89. The Bertz CT molecular complexity index is 608. The van der Waals surface area contributed by atoms with E-state index in [0.29, 0.717) is 0 Å². The topological polar surface area (TPSA) is 81.4 Å². The van der Waals surface area contributed by atoms with Gasteiger partial charge in [-0.15, -0.1) is 6.58 Å². The largest absolute Gasteiger partial charge is 0.395 e. The van der Waals surface area contributed by atoms with E-state index < -0.39 is 26.3 Å². The maximum absolute atomic E-state index is 13.4. The summed E-state index contributed by atoms with van der Waals surface area (Å²) in [5, 5.41) is 17.7. The molecule has 0 aliphatic heterocycles. The first kappa shape index (κ1) is 15.3. The summed E-state index contributed by atoms with van der Waals surface area (Å²) in [6, 6.07) is 4.93. The third kappa shape index (κ3) is 3.17. The first-order chi connectivity index (χ1) is 8.98. The Morgan fingerprint density at radius 1 is 1.53 bits per heavy atom. The van der Waals surface area contributed by atoms with Crippen molar-refractivity contribution in [3.63, 3.8) is 0 Å². The number of rotatable bonds is 6. The number of aliphatic hydroxyl groups is 1. The molecule has 0 aliphatic rings. The molecule has 0 fully saturated rings. The molecule has 0 amide bonds. The molecule has 0 aliphatic carbocycles. The average molecular weight is 284 g/mol. The Balaban J connectivity index is 3.38. The fraction of sp³-hybridized carbons (Fsp3) is 0.250. The molecule has 7 heteroatoms. The normalized spacial score (nSPS) is 11.3. The first-order valence-corrected chi connectivity index (χ1v) is 6.83. The molecule has 0 radical (unpaired) electrons. The zero-order chi connectivity index (χ0) is 14.5. The number of benzene rings is 1. The smallest absolute Gasteiger partial charge is 0.244 e. The minimum atomic E-state index is -4.05. The second-order valence-electron chi connectivity index (χ2n) is 3.60. The van der Waals surface area contributed by atoms with E-state index in [-0.39, 0.29) is 19.7 Å². The Labute approximate surface area is 111 Å². The lowest BCUT2D eigenvalue weighted by molar-refractivity contribution is 0.260. The summed E-state index contributed by atoms with van der Waals surface area (Å²) in [6.07, 6.45) is 1.35. The van der Waals surface area contributed by atoms with E-state index >= 15 is 0 Å². The monoisotopic (exact) mass is 284 g/mol. The van der Waals surface area contributed by atoms with Crippen molar-refractivity contribution in [1.29, 1.82) is 5.26 Å². The summed E-state index contributed by atoms with van der Waals surface area (Å²) in [4.78, 5) is -0.412. The molecule has 1 aromatic rings. The number of aliphatic hydroxyl groups excluding tert-OH is 1. The lowest BCUT2D eigenvalue weighted by atomic mass is 10.2. The van der Waals surface area contributed by atoms with Gasteiger partial charge in [-0.1, -0.05) is 12.1 Å². The number of sulfonamides is 1. The Hall–Kier alpha value is -1.75. The van der Waals surface area contributed by atoms with E-state index in [9.17, 15) is 12.8 Å². The van der Waals surface area contributed by atoms with Gasteiger partial charge in [0.25, 0.3) is 0 Å². The number of nitriles is 1. The van der Waals surface area contributed by atoms with Gasteiger partial charge >= 0.3 is 0 Å². The van der Waals surface area contributed by atoms with Gasteiger partial charge in [0.2, 0.25) is 10.0 Å². The van der Waals surface area contributed by atoms with Crippen molar-refractivity contribution in [1.82, 2.24) is 4.31 Å². The van der Waals surface area contributed by atoms with Gasteiger partial charge in [-0.3, -0.25) is 0 Å². The van der Waals surface area contributed by atoms with Gasteiger partial charge in [0.1, 0.15) is 22.3 Å². The maximum atomic E-state index is 13.4. The molecule has 102 valence electrons. The Kier molecular flexibility index (Phi) is 5.18. The quantitative estimate of drug-likeness (QED) is 0.786. The van der Waals surface area contributed by atoms with Crippen molar-refractivity contribution in [2.24, 2.45) is 0 Å². The van der Waals surface area contributed by atoms with Gasteiger partial charge in [-0.05, 0) is 12.1 Å². The van der Waals surface area contributed by atoms with Crippen molar-refractivity contribution in [3.05, 3.63) is 42.2 Å². The highest BCUT2D eigenvalue weighted by Crippen LogP contribution is 2.21. The number of hydrogen-bond donors (Lipinski definition) is 1.